The van der Waals surface area contributed by atoms with Crippen LogP contribution in [0.2, 0.25) is 0 Å². The normalized spacial score (nSPS) is 12.0. The molecule has 0 unspecified atom stereocenters. The molecular weight excluding hydrogens is 459 g/mol. The van der Waals surface area contributed by atoms with Crippen LogP contribution in [0.1, 0.15) is 37.4 Å². The Kier molecular flexibility index (Phi) is 6.10. The summed E-state index contributed by atoms with van der Waals surface area (Å²) in [6.07, 6.45) is 0.733. The third-order valence-corrected chi connectivity index (χ3v) is 5.80. The zero-order chi connectivity index (χ0) is 24.4. The molecule has 0 spiro atoms. The molecule has 0 saturated carbocycles. The van der Waals surface area contributed by atoms with Gasteiger partial charge in [-0.3, -0.25) is 0 Å². The highest BCUT2D eigenvalue weighted by molar-refractivity contribution is 5.93. The van der Waals surface area contributed by atoms with Gasteiger partial charge in [0.15, 0.2) is 6.73 Å². The number of aromatic nitrogens is 5. The largest absolute Gasteiger partial charge is 0.470 e. The van der Waals surface area contributed by atoms with Crippen LogP contribution >= 0.6 is 0 Å². The first-order valence-corrected chi connectivity index (χ1v) is 11.3. The van der Waals surface area contributed by atoms with E-state index < -0.39 is 11.9 Å². The zero-order valence-corrected chi connectivity index (χ0v) is 18.9. The average Bonchev–Trinajstić information content (AvgIpc) is 3.50. The number of pyridine rings is 1. The molecule has 5 rings (SSSR count). The molecule has 180 valence electrons. The summed E-state index contributed by atoms with van der Waals surface area (Å²) in [4.78, 5) is 3.83. The maximum absolute atomic E-state index is 13.5. The molecule has 5 aromatic rings. The van der Waals surface area contributed by atoms with Gasteiger partial charge in [-0.25, -0.2) is 4.98 Å². The van der Waals surface area contributed by atoms with E-state index in [1.54, 1.807) is 18.2 Å². The zero-order valence-electron chi connectivity index (χ0n) is 18.9. The Morgan fingerprint density at radius 1 is 1.03 bits per heavy atom. The van der Waals surface area contributed by atoms with Gasteiger partial charge in [0.25, 0.3) is 0 Å². The van der Waals surface area contributed by atoms with Crippen molar-refractivity contribution < 1.29 is 22.3 Å². The second-order valence-electron chi connectivity index (χ2n) is 8.22. The summed E-state index contributed by atoms with van der Waals surface area (Å²) >= 11 is 0. The average molecular weight is 481 g/mol. The quantitative estimate of drug-likeness (QED) is 0.238. The van der Waals surface area contributed by atoms with E-state index in [1.807, 2.05) is 24.3 Å². The molecule has 3 aromatic heterocycles. The molecule has 0 saturated heterocycles. The van der Waals surface area contributed by atoms with Crippen LogP contribution in [-0.4, -0.2) is 25.2 Å². The molecule has 0 aliphatic carbocycles. The summed E-state index contributed by atoms with van der Waals surface area (Å²) in [5.74, 6) is 0.735. The van der Waals surface area contributed by atoms with Crippen molar-refractivity contribution >= 4 is 21.9 Å². The number of benzene rings is 2. The van der Waals surface area contributed by atoms with Gasteiger partial charge in [-0.15, -0.1) is 5.10 Å². The SMILES string of the molecule is CCCCCc1c(-c2ccc3nc(C(F)(F)F)cc(OCn4cnnn4)c3c2)oc2ccccc12. The summed E-state index contributed by atoms with van der Waals surface area (Å²) in [6, 6.07) is 13.8. The second-order valence-corrected chi connectivity index (χ2v) is 8.22. The van der Waals surface area contributed by atoms with Crippen molar-refractivity contribution in [2.24, 2.45) is 0 Å². The first kappa shape index (κ1) is 22.8. The van der Waals surface area contributed by atoms with Gasteiger partial charge in [0, 0.05) is 28.0 Å². The van der Waals surface area contributed by atoms with Crippen molar-refractivity contribution in [2.75, 3.05) is 0 Å². The van der Waals surface area contributed by atoms with Crippen molar-refractivity contribution in [1.29, 1.82) is 0 Å². The Hall–Kier alpha value is -3.95. The standard InChI is InChI=1S/C25H22F3N5O2/c1-2-3-4-8-18-17-7-5-6-9-21(17)35-24(18)16-10-11-20-19(12-16)22(13-23(30-20)25(26,27)28)34-15-33-14-29-31-32-33/h5-7,9-14H,2-4,8,15H2,1H3. The van der Waals surface area contributed by atoms with Crippen LogP contribution < -0.4 is 4.74 Å². The van der Waals surface area contributed by atoms with Crippen LogP contribution in [-0.2, 0) is 19.3 Å². The third-order valence-electron chi connectivity index (χ3n) is 5.80. The van der Waals surface area contributed by atoms with Crippen LogP contribution in [0, 0.1) is 0 Å². The summed E-state index contributed by atoms with van der Waals surface area (Å²) in [6.45, 7) is 2.00. The van der Waals surface area contributed by atoms with E-state index in [4.69, 9.17) is 9.15 Å². The fraction of sp³-hybridized carbons (Fsp3) is 0.280. The van der Waals surface area contributed by atoms with Crippen LogP contribution in [0.3, 0.4) is 0 Å². The molecular formula is C25H22F3N5O2. The van der Waals surface area contributed by atoms with E-state index in [0.717, 1.165) is 53.8 Å². The van der Waals surface area contributed by atoms with Crippen LogP contribution in [0.5, 0.6) is 5.75 Å². The number of ether oxygens (including phenoxy) is 1. The Morgan fingerprint density at radius 3 is 2.66 bits per heavy atom. The van der Waals surface area contributed by atoms with Gasteiger partial charge in [-0.05, 0) is 47.5 Å². The lowest BCUT2D eigenvalue weighted by atomic mass is 9.99. The molecule has 0 amide bonds. The predicted molar refractivity (Wildman–Crippen MR) is 124 cm³/mol. The number of rotatable bonds is 8. The first-order valence-electron chi connectivity index (χ1n) is 11.3. The van der Waals surface area contributed by atoms with Crippen molar-refractivity contribution in [3.05, 3.63) is 66.1 Å². The monoisotopic (exact) mass is 481 g/mol. The van der Waals surface area contributed by atoms with Crippen molar-refractivity contribution in [1.82, 2.24) is 25.2 Å². The molecule has 2 aromatic carbocycles. The number of unbranched alkanes of at least 4 members (excludes halogenated alkanes) is 2. The van der Waals surface area contributed by atoms with E-state index in [0.29, 0.717) is 11.1 Å². The molecule has 7 nitrogen and oxygen atoms in total. The lowest BCUT2D eigenvalue weighted by Crippen LogP contribution is -2.11. The Balaban J connectivity index is 1.62. The van der Waals surface area contributed by atoms with E-state index in [2.05, 4.69) is 27.4 Å². The Bertz CT molecular complexity index is 1460. The van der Waals surface area contributed by atoms with E-state index in [9.17, 15) is 13.2 Å². The van der Waals surface area contributed by atoms with E-state index in [-0.39, 0.29) is 18.0 Å². The molecule has 0 radical (unpaired) electrons. The topological polar surface area (TPSA) is 78.9 Å². The first-order chi connectivity index (χ1) is 16.9. The molecule has 0 bridgehead atoms. The number of tetrazole rings is 1. The van der Waals surface area contributed by atoms with Gasteiger partial charge in [-0.2, -0.15) is 17.9 Å². The fourth-order valence-electron chi connectivity index (χ4n) is 4.11. The van der Waals surface area contributed by atoms with Crippen LogP contribution in [0.4, 0.5) is 13.2 Å². The highest BCUT2D eigenvalue weighted by Crippen LogP contribution is 2.39. The third kappa shape index (κ3) is 4.68. The molecule has 0 fully saturated rings. The molecule has 0 atom stereocenters. The van der Waals surface area contributed by atoms with Gasteiger partial charge in [0.1, 0.15) is 29.1 Å². The highest BCUT2D eigenvalue weighted by Gasteiger charge is 2.34. The number of aryl methyl sites for hydroxylation is 1. The smallest absolute Gasteiger partial charge is 0.433 e. The molecule has 0 N–H and O–H groups in total. The number of hydrogen-bond acceptors (Lipinski definition) is 6. The summed E-state index contributed by atoms with van der Waals surface area (Å²) in [7, 11) is 0. The van der Waals surface area contributed by atoms with Crippen molar-refractivity contribution in [2.45, 2.75) is 45.5 Å². The highest BCUT2D eigenvalue weighted by atomic mass is 19.4. The second kappa shape index (κ2) is 9.36. The van der Waals surface area contributed by atoms with E-state index >= 15 is 0 Å². The minimum absolute atomic E-state index is 0.0309. The number of furan rings is 1. The van der Waals surface area contributed by atoms with Gasteiger partial charge in [0.05, 0.1) is 5.52 Å². The molecule has 0 aliphatic heterocycles. The number of para-hydroxylation sites is 1. The maximum Gasteiger partial charge on any atom is 0.433 e. The van der Waals surface area contributed by atoms with Gasteiger partial charge in [-0.1, -0.05) is 38.0 Å². The fourth-order valence-corrected chi connectivity index (χ4v) is 4.11. The van der Waals surface area contributed by atoms with Crippen molar-refractivity contribution in [3.8, 4) is 17.1 Å². The maximum atomic E-state index is 13.5. The van der Waals surface area contributed by atoms with Crippen molar-refractivity contribution in [3.63, 3.8) is 0 Å². The molecule has 0 aliphatic rings. The summed E-state index contributed by atoms with van der Waals surface area (Å²) < 4.78 is 53.7. The minimum atomic E-state index is -4.62. The Morgan fingerprint density at radius 2 is 1.89 bits per heavy atom. The number of hydrogen-bond donors (Lipinski definition) is 0. The van der Waals surface area contributed by atoms with Gasteiger partial charge < -0.3 is 9.15 Å². The lowest BCUT2D eigenvalue weighted by molar-refractivity contribution is -0.141. The lowest BCUT2D eigenvalue weighted by Gasteiger charge is -2.13. The predicted octanol–water partition coefficient (Wildman–Crippen LogP) is 6.42. The van der Waals surface area contributed by atoms with Gasteiger partial charge >= 0.3 is 6.18 Å². The minimum Gasteiger partial charge on any atom is -0.470 e. The molecule has 35 heavy (non-hydrogen) atoms. The summed E-state index contributed by atoms with van der Waals surface area (Å²) in [5, 5.41) is 12.2. The number of nitrogens with zero attached hydrogens (tertiary/aromatic N) is 5. The molecule has 10 heteroatoms. The molecule has 3 heterocycles. The van der Waals surface area contributed by atoms with Crippen LogP contribution in [0.15, 0.2) is 59.3 Å². The van der Waals surface area contributed by atoms with E-state index in [1.165, 1.54) is 11.0 Å². The van der Waals surface area contributed by atoms with Crippen LogP contribution in [0.25, 0.3) is 33.2 Å². The summed E-state index contributed by atoms with van der Waals surface area (Å²) in [5.41, 5.74) is 1.74. The number of alkyl halides is 3. The Labute approximate surface area is 198 Å². The number of fused-ring (bicyclic) bond motifs is 2. The van der Waals surface area contributed by atoms with Gasteiger partial charge in [0.2, 0.25) is 0 Å². The number of halogens is 3.